The zero-order valence-electron chi connectivity index (χ0n) is 18.0. The van der Waals surface area contributed by atoms with E-state index in [9.17, 15) is 4.79 Å². The largest absolute Gasteiger partial charge is 0.497 e. The monoisotopic (exact) mass is 470 g/mol. The highest BCUT2D eigenvalue weighted by Gasteiger charge is 2.35. The first-order chi connectivity index (χ1) is 15.5. The van der Waals surface area contributed by atoms with Gasteiger partial charge in [0.1, 0.15) is 11.8 Å². The van der Waals surface area contributed by atoms with Crippen molar-refractivity contribution in [3.8, 4) is 5.75 Å². The Hall–Kier alpha value is -2.97. The zero-order valence-corrected chi connectivity index (χ0v) is 19.5. The SMILES string of the molecule is CCOC(=O)C1=C(C)Nc2nc(SCc3ccccc3Cl)nn2[C@@H]1c1ccc(OC)cc1. The number of rotatable bonds is 7. The fourth-order valence-electron chi connectivity index (χ4n) is 3.52. The number of carbonyl (C=O) groups is 1. The number of hydrogen-bond donors (Lipinski definition) is 1. The van der Waals surface area contributed by atoms with Gasteiger partial charge in [0.05, 0.1) is 19.3 Å². The molecular weight excluding hydrogens is 448 g/mol. The van der Waals surface area contributed by atoms with Crippen molar-refractivity contribution < 1.29 is 14.3 Å². The van der Waals surface area contributed by atoms with Crippen molar-refractivity contribution in [3.63, 3.8) is 0 Å². The van der Waals surface area contributed by atoms with Gasteiger partial charge in [-0.15, -0.1) is 5.10 Å². The predicted molar refractivity (Wildman–Crippen MR) is 125 cm³/mol. The summed E-state index contributed by atoms with van der Waals surface area (Å²) < 4.78 is 12.4. The van der Waals surface area contributed by atoms with Gasteiger partial charge >= 0.3 is 5.97 Å². The summed E-state index contributed by atoms with van der Waals surface area (Å²) >= 11 is 7.77. The summed E-state index contributed by atoms with van der Waals surface area (Å²) in [6.07, 6.45) is 0. The zero-order chi connectivity index (χ0) is 22.7. The number of fused-ring (bicyclic) bond motifs is 1. The van der Waals surface area contributed by atoms with Crippen molar-refractivity contribution in [2.24, 2.45) is 0 Å². The first kappa shape index (κ1) is 22.2. The normalized spacial score (nSPS) is 15.2. The number of aromatic nitrogens is 3. The van der Waals surface area contributed by atoms with Crippen LogP contribution in [0.1, 0.15) is 31.0 Å². The summed E-state index contributed by atoms with van der Waals surface area (Å²) in [7, 11) is 1.62. The van der Waals surface area contributed by atoms with Gasteiger partial charge < -0.3 is 14.8 Å². The van der Waals surface area contributed by atoms with Crippen LogP contribution in [0.25, 0.3) is 0 Å². The topological polar surface area (TPSA) is 78.3 Å². The maximum atomic E-state index is 12.9. The minimum atomic E-state index is -0.474. The van der Waals surface area contributed by atoms with Crippen LogP contribution in [0.2, 0.25) is 5.02 Å². The summed E-state index contributed by atoms with van der Waals surface area (Å²) in [5.41, 5.74) is 3.07. The molecule has 0 amide bonds. The van der Waals surface area contributed by atoms with Gasteiger partial charge in [-0.3, -0.25) is 0 Å². The van der Waals surface area contributed by atoms with Gasteiger partial charge in [0.2, 0.25) is 11.1 Å². The van der Waals surface area contributed by atoms with E-state index in [-0.39, 0.29) is 12.6 Å². The predicted octanol–water partition coefficient (Wildman–Crippen LogP) is 5.08. The molecule has 2 heterocycles. The van der Waals surface area contributed by atoms with E-state index in [4.69, 9.17) is 26.2 Å². The van der Waals surface area contributed by atoms with E-state index in [2.05, 4.69) is 10.3 Å². The molecule has 1 aromatic heterocycles. The highest BCUT2D eigenvalue weighted by atomic mass is 35.5. The number of hydrogen-bond acceptors (Lipinski definition) is 7. The van der Waals surface area contributed by atoms with Crippen LogP contribution in [0.5, 0.6) is 5.75 Å². The second kappa shape index (κ2) is 9.67. The summed E-state index contributed by atoms with van der Waals surface area (Å²) in [5, 5.41) is 9.21. The molecule has 0 unspecified atom stereocenters. The molecule has 7 nitrogen and oxygen atoms in total. The minimum absolute atomic E-state index is 0.286. The number of benzene rings is 2. The summed E-state index contributed by atoms with van der Waals surface area (Å²) in [6.45, 7) is 3.92. The molecule has 166 valence electrons. The van der Waals surface area contributed by atoms with Crippen LogP contribution in [0.4, 0.5) is 5.95 Å². The molecule has 2 aromatic carbocycles. The number of methoxy groups -OCH3 is 1. The quantitative estimate of drug-likeness (QED) is 0.381. The Morgan fingerprint density at radius 1 is 1.22 bits per heavy atom. The van der Waals surface area contributed by atoms with E-state index in [1.807, 2.05) is 55.5 Å². The number of ether oxygens (including phenoxy) is 2. The van der Waals surface area contributed by atoms with Gasteiger partial charge in [-0.05, 0) is 43.2 Å². The summed E-state index contributed by atoms with van der Waals surface area (Å²) in [6, 6.07) is 14.8. The molecule has 0 fully saturated rings. The number of carbonyl (C=O) groups excluding carboxylic acids is 1. The Labute approximate surface area is 195 Å². The molecule has 1 aliphatic heterocycles. The molecule has 4 rings (SSSR count). The van der Waals surface area contributed by atoms with Crippen LogP contribution >= 0.6 is 23.4 Å². The van der Waals surface area contributed by atoms with Crippen LogP contribution in [0.15, 0.2) is 65.0 Å². The van der Waals surface area contributed by atoms with E-state index in [1.54, 1.807) is 18.7 Å². The van der Waals surface area contributed by atoms with E-state index < -0.39 is 6.04 Å². The third-order valence-corrected chi connectivity index (χ3v) is 6.33. The molecule has 9 heteroatoms. The average molecular weight is 471 g/mol. The highest BCUT2D eigenvalue weighted by Crippen LogP contribution is 2.37. The molecule has 1 aliphatic rings. The average Bonchev–Trinajstić information content (AvgIpc) is 3.20. The van der Waals surface area contributed by atoms with E-state index in [0.717, 1.165) is 16.9 Å². The van der Waals surface area contributed by atoms with Crippen molar-refractivity contribution >= 4 is 35.3 Å². The van der Waals surface area contributed by atoms with Gasteiger partial charge in [-0.2, -0.15) is 4.98 Å². The maximum absolute atomic E-state index is 12.9. The van der Waals surface area contributed by atoms with Crippen LogP contribution in [0, 0.1) is 0 Å². The number of nitrogens with one attached hydrogen (secondary N) is 1. The van der Waals surface area contributed by atoms with Gasteiger partial charge in [0, 0.05) is 16.5 Å². The standard InChI is InChI=1S/C23H23ClN4O3S/c1-4-31-21(29)19-14(2)25-22-26-23(32-13-16-7-5-6-8-18(16)24)27-28(22)20(19)15-9-11-17(30-3)12-10-15/h5-12,20H,4,13H2,1-3H3,(H,25,26,27)/t20-/m1/s1. The van der Waals surface area contributed by atoms with Gasteiger partial charge in [0.25, 0.3) is 0 Å². The Balaban J connectivity index is 1.69. The fraction of sp³-hybridized carbons (Fsp3) is 0.261. The lowest BCUT2D eigenvalue weighted by Gasteiger charge is -2.28. The van der Waals surface area contributed by atoms with Crippen molar-refractivity contribution in [3.05, 3.63) is 76.0 Å². The Bertz CT molecular complexity index is 1160. The van der Waals surface area contributed by atoms with Crippen molar-refractivity contribution in [1.82, 2.24) is 14.8 Å². The Kier molecular flexibility index (Phi) is 6.72. The first-order valence-corrected chi connectivity index (χ1v) is 11.5. The third kappa shape index (κ3) is 4.47. The van der Waals surface area contributed by atoms with Gasteiger partial charge in [-0.1, -0.05) is 53.7 Å². The van der Waals surface area contributed by atoms with Crippen LogP contribution in [-0.4, -0.2) is 34.5 Å². The molecule has 0 saturated heterocycles. The van der Waals surface area contributed by atoms with Crippen molar-refractivity contribution in [2.45, 2.75) is 30.8 Å². The lowest BCUT2D eigenvalue weighted by molar-refractivity contribution is -0.139. The second-order valence-electron chi connectivity index (χ2n) is 7.10. The van der Waals surface area contributed by atoms with Gasteiger partial charge in [-0.25, -0.2) is 9.48 Å². The van der Waals surface area contributed by atoms with E-state index in [0.29, 0.717) is 33.2 Å². The van der Waals surface area contributed by atoms with Crippen LogP contribution in [0.3, 0.4) is 0 Å². The summed E-state index contributed by atoms with van der Waals surface area (Å²) in [5.74, 6) is 1.55. The lowest BCUT2D eigenvalue weighted by atomic mass is 9.96. The first-order valence-electron chi connectivity index (χ1n) is 10.1. The molecule has 0 bridgehead atoms. The van der Waals surface area contributed by atoms with Crippen LogP contribution in [-0.2, 0) is 15.3 Å². The van der Waals surface area contributed by atoms with Gasteiger partial charge in [0.15, 0.2) is 0 Å². The molecule has 3 aromatic rings. The number of allylic oxidation sites excluding steroid dienone is 1. The van der Waals surface area contributed by atoms with E-state index >= 15 is 0 Å². The van der Waals surface area contributed by atoms with Crippen molar-refractivity contribution in [1.29, 1.82) is 0 Å². The second-order valence-corrected chi connectivity index (χ2v) is 8.45. The minimum Gasteiger partial charge on any atom is -0.497 e. The third-order valence-electron chi connectivity index (χ3n) is 5.07. The molecule has 0 aliphatic carbocycles. The molecular formula is C23H23ClN4O3S. The molecule has 0 spiro atoms. The number of esters is 1. The molecule has 0 saturated carbocycles. The number of anilines is 1. The van der Waals surface area contributed by atoms with Crippen LogP contribution < -0.4 is 10.1 Å². The Morgan fingerprint density at radius 3 is 2.66 bits per heavy atom. The lowest BCUT2D eigenvalue weighted by Crippen LogP contribution is -2.29. The summed E-state index contributed by atoms with van der Waals surface area (Å²) in [4.78, 5) is 17.5. The molecule has 32 heavy (non-hydrogen) atoms. The van der Waals surface area contributed by atoms with E-state index in [1.165, 1.54) is 11.8 Å². The number of halogens is 1. The molecule has 1 atom stereocenters. The number of nitrogens with zero attached hydrogens (tertiary/aromatic N) is 3. The fourth-order valence-corrected chi connectivity index (χ4v) is 4.63. The number of thioether (sulfide) groups is 1. The highest BCUT2D eigenvalue weighted by molar-refractivity contribution is 7.98. The molecule has 1 N–H and O–H groups in total. The maximum Gasteiger partial charge on any atom is 0.338 e. The molecule has 0 radical (unpaired) electrons. The Morgan fingerprint density at radius 2 is 1.97 bits per heavy atom. The van der Waals surface area contributed by atoms with Crippen molar-refractivity contribution in [2.75, 3.05) is 19.0 Å². The smallest absolute Gasteiger partial charge is 0.338 e.